The zero-order valence-electron chi connectivity index (χ0n) is 14.4. The van der Waals surface area contributed by atoms with Crippen LogP contribution < -0.4 is 10.1 Å². The Morgan fingerprint density at radius 2 is 1.88 bits per heavy atom. The molecule has 0 radical (unpaired) electrons. The minimum absolute atomic E-state index is 0.0971. The zero-order chi connectivity index (χ0) is 17.6. The van der Waals surface area contributed by atoms with Crippen LogP contribution in [-0.2, 0) is 4.79 Å². The number of carbonyl (C=O) groups is 1. The number of rotatable bonds is 7. The molecule has 1 amide bonds. The molecule has 2 N–H and O–H groups in total. The summed E-state index contributed by atoms with van der Waals surface area (Å²) in [6.45, 7) is 4.45. The van der Waals surface area contributed by atoms with E-state index in [4.69, 9.17) is 4.74 Å². The average Bonchev–Trinajstić information content (AvgIpc) is 2.94. The SMILES string of the molecule is Cc1[nH]c2ccccc2c1SCCNC(=O)C(C)Oc1ccccc1. The van der Waals surface area contributed by atoms with Gasteiger partial charge in [0.05, 0.1) is 0 Å². The van der Waals surface area contributed by atoms with Gasteiger partial charge in [0.2, 0.25) is 0 Å². The van der Waals surface area contributed by atoms with E-state index >= 15 is 0 Å². The van der Waals surface area contributed by atoms with Crippen molar-refractivity contribution in [1.29, 1.82) is 0 Å². The average molecular weight is 354 g/mol. The lowest BCUT2D eigenvalue weighted by atomic mass is 10.2. The summed E-state index contributed by atoms with van der Waals surface area (Å²) in [6.07, 6.45) is -0.512. The molecule has 1 atom stereocenters. The van der Waals surface area contributed by atoms with Crippen LogP contribution in [0.2, 0.25) is 0 Å². The maximum absolute atomic E-state index is 12.1. The van der Waals surface area contributed by atoms with E-state index in [0.29, 0.717) is 12.3 Å². The van der Waals surface area contributed by atoms with Crippen molar-refractivity contribution in [2.75, 3.05) is 12.3 Å². The number of aromatic amines is 1. The van der Waals surface area contributed by atoms with Gasteiger partial charge in [0.1, 0.15) is 5.75 Å². The first-order chi connectivity index (χ1) is 12.1. The second-order valence-electron chi connectivity index (χ2n) is 5.84. The summed E-state index contributed by atoms with van der Waals surface area (Å²) in [7, 11) is 0. The van der Waals surface area contributed by atoms with Gasteiger partial charge in [-0.15, -0.1) is 11.8 Å². The highest BCUT2D eigenvalue weighted by molar-refractivity contribution is 7.99. The molecule has 0 fully saturated rings. The van der Waals surface area contributed by atoms with Gasteiger partial charge in [-0.2, -0.15) is 0 Å². The molecule has 2 aromatic carbocycles. The molecule has 0 bridgehead atoms. The lowest BCUT2D eigenvalue weighted by Crippen LogP contribution is -2.37. The van der Waals surface area contributed by atoms with Crippen LogP contribution in [0.3, 0.4) is 0 Å². The van der Waals surface area contributed by atoms with Gasteiger partial charge in [0, 0.05) is 33.8 Å². The third-order valence-electron chi connectivity index (χ3n) is 3.91. The Labute approximate surface area is 152 Å². The van der Waals surface area contributed by atoms with Crippen molar-refractivity contribution in [2.45, 2.75) is 24.8 Å². The van der Waals surface area contributed by atoms with Crippen molar-refractivity contribution in [3.8, 4) is 5.75 Å². The van der Waals surface area contributed by atoms with Gasteiger partial charge < -0.3 is 15.0 Å². The van der Waals surface area contributed by atoms with E-state index in [1.54, 1.807) is 18.7 Å². The predicted molar refractivity (Wildman–Crippen MR) is 103 cm³/mol. The number of amides is 1. The van der Waals surface area contributed by atoms with Crippen LogP contribution >= 0.6 is 11.8 Å². The second kappa shape index (κ2) is 8.12. The van der Waals surface area contributed by atoms with Crippen LogP contribution in [0, 0.1) is 6.92 Å². The van der Waals surface area contributed by atoms with Gasteiger partial charge in [-0.25, -0.2) is 0 Å². The number of benzene rings is 2. The van der Waals surface area contributed by atoms with Gasteiger partial charge in [-0.1, -0.05) is 36.4 Å². The van der Waals surface area contributed by atoms with Crippen molar-refractivity contribution < 1.29 is 9.53 Å². The molecule has 130 valence electrons. The lowest BCUT2D eigenvalue weighted by molar-refractivity contribution is -0.127. The maximum Gasteiger partial charge on any atom is 0.260 e. The fourth-order valence-corrected chi connectivity index (χ4v) is 3.67. The summed E-state index contributed by atoms with van der Waals surface area (Å²) in [5.41, 5.74) is 2.31. The fourth-order valence-electron chi connectivity index (χ4n) is 2.66. The molecule has 1 aromatic heterocycles. The number of H-pyrrole nitrogens is 1. The molecule has 0 aliphatic heterocycles. The third kappa shape index (κ3) is 4.37. The van der Waals surface area contributed by atoms with Gasteiger partial charge in [-0.05, 0) is 32.0 Å². The Morgan fingerprint density at radius 3 is 2.68 bits per heavy atom. The molecular weight excluding hydrogens is 332 g/mol. The first kappa shape index (κ1) is 17.4. The first-order valence-electron chi connectivity index (χ1n) is 8.34. The smallest absolute Gasteiger partial charge is 0.260 e. The molecule has 0 saturated heterocycles. The van der Waals surface area contributed by atoms with Gasteiger partial charge in [-0.3, -0.25) is 4.79 Å². The van der Waals surface area contributed by atoms with Gasteiger partial charge in [0.25, 0.3) is 5.91 Å². The molecule has 4 nitrogen and oxygen atoms in total. The number of aryl methyl sites for hydroxylation is 1. The molecule has 0 aliphatic rings. The number of hydrogen-bond donors (Lipinski definition) is 2. The molecule has 0 spiro atoms. The van der Waals surface area contributed by atoms with Crippen molar-refractivity contribution in [3.63, 3.8) is 0 Å². The Hall–Kier alpha value is -2.40. The van der Waals surface area contributed by atoms with E-state index in [-0.39, 0.29) is 5.91 Å². The number of hydrogen-bond acceptors (Lipinski definition) is 3. The summed E-state index contributed by atoms with van der Waals surface area (Å²) >= 11 is 1.75. The standard InChI is InChI=1S/C20H22N2O2S/c1-14-19(17-10-6-7-11-18(17)22-14)25-13-12-21-20(23)15(2)24-16-8-4-3-5-9-16/h3-11,15,22H,12-13H2,1-2H3,(H,21,23). The number of aromatic nitrogens is 1. The van der Waals surface area contributed by atoms with Crippen LogP contribution in [0.15, 0.2) is 59.5 Å². The molecule has 0 saturated carbocycles. The maximum atomic E-state index is 12.1. The Bertz CT molecular complexity index is 845. The molecule has 3 aromatic rings. The Morgan fingerprint density at radius 1 is 1.16 bits per heavy atom. The largest absolute Gasteiger partial charge is 0.481 e. The van der Waals surface area contributed by atoms with E-state index in [1.165, 1.54) is 16.0 Å². The van der Waals surface area contributed by atoms with E-state index in [1.807, 2.05) is 42.5 Å². The molecule has 3 rings (SSSR count). The van der Waals surface area contributed by atoms with Gasteiger partial charge >= 0.3 is 0 Å². The third-order valence-corrected chi connectivity index (χ3v) is 5.13. The Balaban J connectivity index is 1.47. The van der Waals surface area contributed by atoms with E-state index in [2.05, 4.69) is 29.4 Å². The molecular formula is C20H22N2O2S. The van der Waals surface area contributed by atoms with Crippen molar-refractivity contribution >= 4 is 28.6 Å². The van der Waals surface area contributed by atoms with Crippen molar-refractivity contribution in [2.24, 2.45) is 0 Å². The highest BCUT2D eigenvalue weighted by Crippen LogP contribution is 2.30. The monoisotopic (exact) mass is 354 g/mol. The number of nitrogens with one attached hydrogen (secondary N) is 2. The number of carbonyl (C=O) groups excluding carboxylic acids is 1. The van der Waals surface area contributed by atoms with Crippen molar-refractivity contribution in [3.05, 3.63) is 60.3 Å². The van der Waals surface area contributed by atoms with Crippen LogP contribution in [0.1, 0.15) is 12.6 Å². The minimum Gasteiger partial charge on any atom is -0.481 e. The zero-order valence-corrected chi connectivity index (χ0v) is 15.2. The Kier molecular flexibility index (Phi) is 5.66. The van der Waals surface area contributed by atoms with E-state index < -0.39 is 6.10 Å². The van der Waals surface area contributed by atoms with Gasteiger partial charge in [0.15, 0.2) is 6.10 Å². The van der Waals surface area contributed by atoms with Crippen LogP contribution in [0.4, 0.5) is 0 Å². The van der Waals surface area contributed by atoms with Crippen molar-refractivity contribution in [1.82, 2.24) is 10.3 Å². The topological polar surface area (TPSA) is 54.1 Å². The summed E-state index contributed by atoms with van der Waals surface area (Å²) in [5.74, 6) is 1.42. The molecule has 5 heteroatoms. The molecule has 25 heavy (non-hydrogen) atoms. The molecule has 0 aliphatic carbocycles. The summed E-state index contributed by atoms with van der Waals surface area (Å²) in [6, 6.07) is 17.7. The van der Waals surface area contributed by atoms with Crippen LogP contribution in [0.5, 0.6) is 5.75 Å². The van der Waals surface area contributed by atoms with E-state index in [9.17, 15) is 4.79 Å². The summed E-state index contributed by atoms with van der Waals surface area (Å²) in [4.78, 5) is 16.8. The molecule has 1 heterocycles. The fraction of sp³-hybridized carbons (Fsp3) is 0.250. The number of thioether (sulfide) groups is 1. The highest BCUT2D eigenvalue weighted by atomic mass is 32.2. The first-order valence-corrected chi connectivity index (χ1v) is 9.33. The molecule has 1 unspecified atom stereocenters. The number of fused-ring (bicyclic) bond motifs is 1. The quantitative estimate of drug-likeness (QED) is 0.495. The number of para-hydroxylation sites is 2. The second-order valence-corrected chi connectivity index (χ2v) is 6.94. The van der Waals surface area contributed by atoms with Crippen LogP contribution in [-0.4, -0.2) is 29.3 Å². The van der Waals surface area contributed by atoms with E-state index in [0.717, 1.165) is 11.3 Å². The van der Waals surface area contributed by atoms with Crippen LogP contribution in [0.25, 0.3) is 10.9 Å². The number of ether oxygens (including phenoxy) is 1. The minimum atomic E-state index is -0.512. The lowest BCUT2D eigenvalue weighted by Gasteiger charge is -2.14. The highest BCUT2D eigenvalue weighted by Gasteiger charge is 2.14. The summed E-state index contributed by atoms with van der Waals surface area (Å²) in [5, 5.41) is 4.17. The predicted octanol–water partition coefficient (Wildman–Crippen LogP) is 4.15. The summed E-state index contributed by atoms with van der Waals surface area (Å²) < 4.78 is 5.63. The normalized spacial score (nSPS) is 12.1.